The number of carbonyl (C=O) groups excluding carboxylic acids is 2. The largest absolute Gasteiger partial charge is 0.513 e. The minimum atomic E-state index is -0.806. The third-order valence-electron chi connectivity index (χ3n) is 4.37. The molecule has 29 heavy (non-hydrogen) atoms. The minimum absolute atomic E-state index is 0.0957. The maximum absolute atomic E-state index is 12.4. The lowest BCUT2D eigenvalue weighted by molar-refractivity contribution is -0.121. The van der Waals surface area contributed by atoms with Gasteiger partial charge in [-0.15, -0.1) is 0 Å². The molecule has 6 heteroatoms. The van der Waals surface area contributed by atoms with E-state index in [4.69, 9.17) is 4.74 Å². The van der Waals surface area contributed by atoms with Crippen LogP contribution in [0.1, 0.15) is 24.2 Å². The third kappa shape index (κ3) is 5.65. The molecule has 0 fully saturated rings. The standard InChI is InChI=1S/C23H22N2O4/c1-16(21-13-12-20(15-24-21)29-23(27)28-2)25-22(26)14-17-8-10-19(11-9-17)18-6-4-3-5-7-18/h3-13,15-16H,14H2,1-2H3,(H,25,26)/t16-/m1/s1. The van der Waals surface area contributed by atoms with Crippen molar-refractivity contribution in [2.45, 2.75) is 19.4 Å². The van der Waals surface area contributed by atoms with E-state index in [9.17, 15) is 9.59 Å². The molecule has 3 aromatic rings. The SMILES string of the molecule is COC(=O)Oc1ccc([C@@H](C)NC(=O)Cc2ccc(-c3ccccc3)cc2)nc1. The second kappa shape index (κ2) is 9.50. The molecule has 1 heterocycles. The number of nitrogens with one attached hydrogen (secondary N) is 1. The van der Waals surface area contributed by atoms with Gasteiger partial charge in [0.05, 0.1) is 31.5 Å². The van der Waals surface area contributed by atoms with Crippen molar-refractivity contribution in [3.05, 3.63) is 84.2 Å². The normalized spacial score (nSPS) is 11.4. The van der Waals surface area contributed by atoms with Crippen molar-refractivity contribution in [3.8, 4) is 16.9 Å². The van der Waals surface area contributed by atoms with E-state index < -0.39 is 6.16 Å². The molecular formula is C23H22N2O4. The number of pyridine rings is 1. The molecule has 2 aromatic carbocycles. The Bertz CT molecular complexity index is 954. The predicted octanol–water partition coefficient (Wildman–Crippen LogP) is 4.31. The Morgan fingerprint density at radius 1 is 0.966 bits per heavy atom. The van der Waals surface area contributed by atoms with Gasteiger partial charge in [-0.3, -0.25) is 9.78 Å². The van der Waals surface area contributed by atoms with Crippen molar-refractivity contribution in [1.29, 1.82) is 0 Å². The van der Waals surface area contributed by atoms with Crippen LogP contribution in [0.5, 0.6) is 5.75 Å². The van der Waals surface area contributed by atoms with Crippen molar-refractivity contribution in [3.63, 3.8) is 0 Å². The average molecular weight is 390 g/mol. The van der Waals surface area contributed by atoms with E-state index in [0.29, 0.717) is 5.69 Å². The Labute approximate surface area is 169 Å². The van der Waals surface area contributed by atoms with Crippen LogP contribution in [-0.4, -0.2) is 24.2 Å². The topological polar surface area (TPSA) is 77.5 Å². The summed E-state index contributed by atoms with van der Waals surface area (Å²) in [7, 11) is 1.23. The van der Waals surface area contributed by atoms with E-state index in [0.717, 1.165) is 16.7 Å². The fourth-order valence-corrected chi connectivity index (χ4v) is 2.84. The molecule has 148 valence electrons. The van der Waals surface area contributed by atoms with Gasteiger partial charge in [-0.05, 0) is 35.7 Å². The van der Waals surface area contributed by atoms with Crippen molar-refractivity contribution >= 4 is 12.1 Å². The van der Waals surface area contributed by atoms with Crippen molar-refractivity contribution in [2.24, 2.45) is 0 Å². The molecule has 1 atom stereocenters. The van der Waals surface area contributed by atoms with Crippen LogP contribution in [-0.2, 0) is 16.0 Å². The fraction of sp³-hybridized carbons (Fsp3) is 0.174. The monoisotopic (exact) mass is 390 g/mol. The van der Waals surface area contributed by atoms with Gasteiger partial charge < -0.3 is 14.8 Å². The van der Waals surface area contributed by atoms with E-state index in [1.54, 1.807) is 12.1 Å². The first-order valence-electron chi connectivity index (χ1n) is 9.20. The Balaban J connectivity index is 1.55. The molecule has 0 bridgehead atoms. The van der Waals surface area contributed by atoms with E-state index in [1.165, 1.54) is 13.3 Å². The lowest BCUT2D eigenvalue weighted by Gasteiger charge is -2.14. The molecular weight excluding hydrogens is 368 g/mol. The summed E-state index contributed by atoms with van der Waals surface area (Å²) in [5, 5.41) is 2.93. The average Bonchev–Trinajstić information content (AvgIpc) is 2.75. The number of carbonyl (C=O) groups is 2. The molecule has 0 saturated carbocycles. The second-order valence-electron chi connectivity index (χ2n) is 6.50. The number of nitrogens with zero attached hydrogens (tertiary/aromatic N) is 1. The zero-order valence-electron chi connectivity index (χ0n) is 16.3. The number of methoxy groups -OCH3 is 1. The fourth-order valence-electron chi connectivity index (χ4n) is 2.84. The molecule has 0 spiro atoms. The van der Waals surface area contributed by atoms with Crippen LogP contribution in [0, 0.1) is 0 Å². The Morgan fingerprint density at radius 3 is 2.28 bits per heavy atom. The molecule has 0 unspecified atom stereocenters. The summed E-state index contributed by atoms with van der Waals surface area (Å²) in [4.78, 5) is 27.7. The van der Waals surface area contributed by atoms with Crippen LogP contribution in [0.3, 0.4) is 0 Å². The number of rotatable bonds is 6. The zero-order chi connectivity index (χ0) is 20.6. The summed E-state index contributed by atoms with van der Waals surface area (Å²) >= 11 is 0. The van der Waals surface area contributed by atoms with Crippen molar-refractivity contribution in [1.82, 2.24) is 10.3 Å². The van der Waals surface area contributed by atoms with E-state index in [-0.39, 0.29) is 24.1 Å². The van der Waals surface area contributed by atoms with Crippen LogP contribution >= 0.6 is 0 Å². The Kier molecular flexibility index (Phi) is 6.58. The van der Waals surface area contributed by atoms with Gasteiger partial charge in [-0.2, -0.15) is 0 Å². The first-order valence-corrected chi connectivity index (χ1v) is 9.20. The molecule has 1 N–H and O–H groups in total. The third-order valence-corrected chi connectivity index (χ3v) is 4.37. The van der Waals surface area contributed by atoms with Gasteiger partial charge in [-0.25, -0.2) is 4.79 Å². The van der Waals surface area contributed by atoms with Crippen molar-refractivity contribution < 1.29 is 19.1 Å². The van der Waals surface area contributed by atoms with Crippen LogP contribution in [0.25, 0.3) is 11.1 Å². The smallest absolute Gasteiger partial charge is 0.437 e. The zero-order valence-corrected chi connectivity index (χ0v) is 16.3. The van der Waals surface area contributed by atoms with E-state index >= 15 is 0 Å². The van der Waals surface area contributed by atoms with Crippen LogP contribution in [0.2, 0.25) is 0 Å². The summed E-state index contributed by atoms with van der Waals surface area (Å²) in [6, 6.07) is 21.1. The number of ether oxygens (including phenoxy) is 2. The maximum atomic E-state index is 12.4. The summed E-state index contributed by atoms with van der Waals surface area (Å²) in [5.41, 5.74) is 3.85. The van der Waals surface area contributed by atoms with Crippen LogP contribution in [0.15, 0.2) is 72.9 Å². The number of hydrogen-bond donors (Lipinski definition) is 1. The van der Waals surface area contributed by atoms with Crippen LogP contribution < -0.4 is 10.1 Å². The summed E-state index contributed by atoms with van der Waals surface area (Å²) < 4.78 is 9.32. The van der Waals surface area contributed by atoms with Crippen LogP contribution in [0.4, 0.5) is 4.79 Å². The first kappa shape index (κ1) is 20.1. The van der Waals surface area contributed by atoms with Gasteiger partial charge in [0.1, 0.15) is 0 Å². The molecule has 1 amide bonds. The summed E-state index contributed by atoms with van der Waals surface area (Å²) in [5.74, 6) is 0.180. The van der Waals surface area contributed by atoms with E-state index in [2.05, 4.69) is 27.2 Å². The lowest BCUT2D eigenvalue weighted by Crippen LogP contribution is -2.28. The molecule has 0 aliphatic heterocycles. The quantitative estimate of drug-likeness (QED) is 0.635. The van der Waals surface area contributed by atoms with Gasteiger partial charge >= 0.3 is 6.16 Å². The van der Waals surface area contributed by atoms with E-state index in [1.807, 2.05) is 49.4 Å². The molecule has 3 rings (SSSR count). The molecule has 1 aromatic heterocycles. The highest BCUT2D eigenvalue weighted by Crippen LogP contribution is 2.20. The summed E-state index contributed by atoms with van der Waals surface area (Å²) in [6.07, 6.45) is 0.888. The van der Waals surface area contributed by atoms with Gasteiger partial charge in [0, 0.05) is 0 Å². The highest BCUT2D eigenvalue weighted by molar-refractivity contribution is 5.79. The van der Waals surface area contributed by atoms with Gasteiger partial charge in [0.25, 0.3) is 0 Å². The Morgan fingerprint density at radius 2 is 1.66 bits per heavy atom. The molecule has 0 aliphatic rings. The highest BCUT2D eigenvalue weighted by Gasteiger charge is 2.12. The van der Waals surface area contributed by atoms with Gasteiger partial charge in [-0.1, -0.05) is 54.6 Å². The second-order valence-corrected chi connectivity index (χ2v) is 6.50. The first-order chi connectivity index (χ1) is 14.0. The maximum Gasteiger partial charge on any atom is 0.513 e. The number of aromatic nitrogens is 1. The summed E-state index contributed by atoms with van der Waals surface area (Å²) in [6.45, 7) is 1.85. The number of benzene rings is 2. The predicted molar refractivity (Wildman–Crippen MR) is 109 cm³/mol. The lowest BCUT2D eigenvalue weighted by atomic mass is 10.0. The minimum Gasteiger partial charge on any atom is -0.437 e. The highest BCUT2D eigenvalue weighted by atomic mass is 16.7. The number of hydrogen-bond acceptors (Lipinski definition) is 5. The van der Waals surface area contributed by atoms with Crippen molar-refractivity contribution in [2.75, 3.05) is 7.11 Å². The Hall–Kier alpha value is -3.67. The molecule has 0 saturated heterocycles. The molecule has 0 aliphatic carbocycles. The van der Waals surface area contributed by atoms with Gasteiger partial charge in [0.15, 0.2) is 5.75 Å². The van der Waals surface area contributed by atoms with Gasteiger partial charge in [0.2, 0.25) is 5.91 Å². The number of amides is 1. The molecule has 0 radical (unpaired) electrons. The molecule has 6 nitrogen and oxygen atoms in total.